The van der Waals surface area contributed by atoms with Gasteiger partial charge in [-0.15, -0.1) is 0 Å². The molecule has 29 heavy (non-hydrogen) atoms. The van der Waals surface area contributed by atoms with Gasteiger partial charge in [0.05, 0.1) is 19.8 Å². The third-order valence-electron chi connectivity index (χ3n) is 5.92. The van der Waals surface area contributed by atoms with Gasteiger partial charge in [-0.2, -0.15) is 0 Å². The van der Waals surface area contributed by atoms with Gasteiger partial charge in [-0.1, -0.05) is 18.2 Å². The summed E-state index contributed by atoms with van der Waals surface area (Å²) in [5.41, 5.74) is 8.85. The summed E-state index contributed by atoms with van der Waals surface area (Å²) in [4.78, 5) is 8.49. The molecule has 2 aromatic heterocycles. The lowest BCUT2D eigenvalue weighted by Crippen LogP contribution is -2.46. The molecule has 1 aromatic carbocycles. The molecule has 0 amide bonds. The molecule has 2 saturated heterocycles. The smallest absolute Gasteiger partial charge is 0.240 e. The number of ether oxygens (including phenoxy) is 2. The van der Waals surface area contributed by atoms with E-state index in [1.807, 2.05) is 42.5 Å². The average molecular weight is 393 g/mol. The van der Waals surface area contributed by atoms with E-state index in [0.29, 0.717) is 17.4 Å². The highest BCUT2D eigenvalue weighted by molar-refractivity contribution is 5.95. The number of nitrogens with two attached hydrogens (primary N) is 1. The highest BCUT2D eigenvalue weighted by Gasteiger charge is 2.39. The first kappa shape index (κ1) is 19.6. The Balaban J connectivity index is 0.000000171. The largest absolute Gasteiger partial charge is 0.479 e. The number of hydrogen-bond acceptors (Lipinski definition) is 6. The van der Waals surface area contributed by atoms with Gasteiger partial charge in [0.1, 0.15) is 5.52 Å². The van der Waals surface area contributed by atoms with Crippen molar-refractivity contribution in [2.24, 2.45) is 11.1 Å². The first-order chi connectivity index (χ1) is 14.2. The van der Waals surface area contributed by atoms with Crippen LogP contribution >= 0.6 is 0 Å². The van der Waals surface area contributed by atoms with E-state index in [4.69, 9.17) is 15.2 Å². The Labute approximate surface area is 171 Å². The van der Waals surface area contributed by atoms with Gasteiger partial charge in [0.25, 0.3) is 0 Å². The summed E-state index contributed by atoms with van der Waals surface area (Å²) in [6, 6.07) is 13.9. The fourth-order valence-corrected chi connectivity index (χ4v) is 4.06. The average Bonchev–Trinajstić information content (AvgIpc) is 2.81. The first-order valence-corrected chi connectivity index (χ1v) is 10.1. The van der Waals surface area contributed by atoms with Crippen LogP contribution < -0.4 is 15.8 Å². The third kappa shape index (κ3) is 4.33. The molecule has 6 heteroatoms. The van der Waals surface area contributed by atoms with Gasteiger partial charge < -0.3 is 20.5 Å². The Bertz CT molecular complexity index is 926. The normalized spacial score (nSPS) is 22.6. The van der Waals surface area contributed by atoms with Crippen molar-refractivity contribution in [2.75, 3.05) is 25.6 Å². The number of nitrogens with one attached hydrogen (secondary N) is 1. The van der Waals surface area contributed by atoms with E-state index in [0.717, 1.165) is 35.4 Å². The number of pyridine rings is 2. The molecule has 0 radical (unpaired) electrons. The number of para-hydroxylation sites is 1. The Morgan fingerprint density at radius 1 is 1.10 bits per heavy atom. The monoisotopic (exact) mass is 392 g/mol. The minimum atomic E-state index is 0.384. The number of hydrogen-bond donors (Lipinski definition) is 2. The summed E-state index contributed by atoms with van der Waals surface area (Å²) in [6.45, 7) is 1.74. The molecule has 0 unspecified atom stereocenters. The molecular weight excluding hydrogens is 364 g/mol. The van der Waals surface area contributed by atoms with Crippen LogP contribution in [0, 0.1) is 5.41 Å². The molecule has 1 aliphatic carbocycles. The third-order valence-corrected chi connectivity index (χ3v) is 5.92. The molecule has 6 rings (SSSR count). The van der Waals surface area contributed by atoms with Crippen molar-refractivity contribution in [1.29, 1.82) is 0 Å². The number of aromatic nitrogens is 2. The molecule has 152 valence electrons. The number of rotatable bonds is 4. The number of anilines is 2. The molecule has 6 nitrogen and oxygen atoms in total. The van der Waals surface area contributed by atoms with Crippen LogP contribution in [0.5, 0.6) is 5.88 Å². The summed E-state index contributed by atoms with van der Waals surface area (Å²) in [7, 11) is 1.60. The number of nitrogens with zero attached hydrogens (tertiary/aromatic N) is 2. The predicted molar refractivity (Wildman–Crippen MR) is 116 cm³/mol. The van der Waals surface area contributed by atoms with E-state index in [2.05, 4.69) is 15.3 Å². The van der Waals surface area contributed by atoms with Crippen LogP contribution in [0.4, 0.5) is 11.4 Å². The maximum absolute atomic E-state index is 5.69. The van der Waals surface area contributed by atoms with E-state index >= 15 is 0 Å². The van der Waals surface area contributed by atoms with E-state index in [-0.39, 0.29) is 0 Å². The highest BCUT2D eigenvalue weighted by Crippen LogP contribution is 2.42. The van der Waals surface area contributed by atoms with Gasteiger partial charge in [-0.3, -0.25) is 4.98 Å². The van der Waals surface area contributed by atoms with Gasteiger partial charge in [-0.25, -0.2) is 4.98 Å². The van der Waals surface area contributed by atoms with Gasteiger partial charge in [0, 0.05) is 41.1 Å². The molecule has 4 heterocycles. The topological polar surface area (TPSA) is 82.3 Å². The SMILES string of the molecule is COc1nccc2c(Nc3ccccc3)ccnc12.NCC12CCC(CC1)OC2. The van der Waals surface area contributed by atoms with E-state index in [9.17, 15) is 0 Å². The molecule has 0 spiro atoms. The molecule has 3 aliphatic rings. The van der Waals surface area contributed by atoms with Crippen molar-refractivity contribution >= 4 is 22.3 Å². The lowest BCUT2D eigenvalue weighted by atomic mass is 9.71. The molecule has 3 N–H and O–H groups in total. The van der Waals surface area contributed by atoms with Crippen LogP contribution in [0.2, 0.25) is 0 Å². The van der Waals surface area contributed by atoms with Crippen molar-refractivity contribution in [3.05, 3.63) is 54.9 Å². The second-order valence-corrected chi connectivity index (χ2v) is 7.78. The van der Waals surface area contributed by atoms with Crippen molar-refractivity contribution in [3.63, 3.8) is 0 Å². The zero-order valence-electron chi connectivity index (χ0n) is 16.8. The van der Waals surface area contributed by atoms with Gasteiger partial charge in [-0.05, 0) is 49.9 Å². The summed E-state index contributed by atoms with van der Waals surface area (Å²) in [5, 5.41) is 4.36. The van der Waals surface area contributed by atoms with Crippen LogP contribution in [0.1, 0.15) is 25.7 Å². The summed E-state index contributed by atoms with van der Waals surface area (Å²) in [5.74, 6) is 0.536. The van der Waals surface area contributed by atoms with Gasteiger partial charge >= 0.3 is 0 Å². The maximum Gasteiger partial charge on any atom is 0.240 e. The van der Waals surface area contributed by atoms with Crippen molar-refractivity contribution in [1.82, 2.24) is 9.97 Å². The summed E-state index contributed by atoms with van der Waals surface area (Å²) < 4.78 is 10.8. The molecule has 3 fully saturated rings. The fourth-order valence-electron chi connectivity index (χ4n) is 4.06. The van der Waals surface area contributed by atoms with Crippen molar-refractivity contribution in [3.8, 4) is 5.88 Å². The maximum atomic E-state index is 5.69. The van der Waals surface area contributed by atoms with Crippen molar-refractivity contribution < 1.29 is 9.47 Å². The van der Waals surface area contributed by atoms with Crippen LogP contribution in [-0.2, 0) is 4.74 Å². The second-order valence-electron chi connectivity index (χ2n) is 7.78. The van der Waals surface area contributed by atoms with Crippen LogP contribution in [0.3, 0.4) is 0 Å². The molecule has 2 aliphatic heterocycles. The first-order valence-electron chi connectivity index (χ1n) is 10.1. The van der Waals surface area contributed by atoms with Crippen LogP contribution in [0.15, 0.2) is 54.9 Å². The van der Waals surface area contributed by atoms with Crippen LogP contribution in [0.25, 0.3) is 10.9 Å². The van der Waals surface area contributed by atoms with Gasteiger partial charge in [0.15, 0.2) is 0 Å². The van der Waals surface area contributed by atoms with Gasteiger partial charge in [0.2, 0.25) is 5.88 Å². The summed E-state index contributed by atoms with van der Waals surface area (Å²) in [6.07, 6.45) is 9.14. The molecule has 3 aromatic rings. The van der Waals surface area contributed by atoms with E-state index in [1.165, 1.54) is 25.7 Å². The predicted octanol–water partition coefficient (Wildman–Crippen LogP) is 4.29. The minimum Gasteiger partial charge on any atom is -0.479 e. The van der Waals surface area contributed by atoms with Crippen LogP contribution in [-0.4, -0.2) is 36.3 Å². The lowest BCUT2D eigenvalue weighted by molar-refractivity contribution is -0.110. The quantitative estimate of drug-likeness (QED) is 0.689. The standard InChI is InChI=1S/C15H13N3O.C8H15NO/c1-19-15-14-12(7-9-17-15)13(8-10-16-14)18-11-5-3-2-4-6-11;9-5-8-3-1-7(2-4-8)10-6-8/h2-10H,1H3,(H,16,18);7H,1-6,9H2. The Kier molecular flexibility index (Phi) is 5.92. The second kappa shape index (κ2) is 8.76. The number of fused-ring (bicyclic) bond motifs is 4. The molecule has 1 saturated carbocycles. The number of benzene rings is 1. The van der Waals surface area contributed by atoms with E-state index in [1.54, 1.807) is 19.5 Å². The zero-order chi connectivity index (χ0) is 20.1. The van der Waals surface area contributed by atoms with E-state index < -0.39 is 0 Å². The highest BCUT2D eigenvalue weighted by atomic mass is 16.5. The summed E-state index contributed by atoms with van der Waals surface area (Å²) >= 11 is 0. The van der Waals surface area contributed by atoms with Crippen molar-refractivity contribution in [2.45, 2.75) is 31.8 Å². The fraction of sp³-hybridized carbons (Fsp3) is 0.391. The Hall–Kier alpha value is -2.70. The minimum absolute atomic E-state index is 0.384. The lowest BCUT2D eigenvalue weighted by Gasteiger charge is -2.45. The molecule has 0 atom stereocenters. The Morgan fingerprint density at radius 3 is 2.48 bits per heavy atom. The molecular formula is C23H28N4O2. The zero-order valence-corrected chi connectivity index (χ0v) is 16.8. The Morgan fingerprint density at radius 2 is 1.86 bits per heavy atom. The molecule has 2 bridgehead atoms. The number of methoxy groups -OCH3 is 1.